The summed E-state index contributed by atoms with van der Waals surface area (Å²) >= 11 is 0. The molecule has 1 saturated heterocycles. The Morgan fingerprint density at radius 2 is 1.21 bits per heavy atom. The first kappa shape index (κ1) is 26.9. The van der Waals surface area contributed by atoms with Crippen molar-refractivity contribution in [1.29, 1.82) is 0 Å². The van der Waals surface area contributed by atoms with E-state index in [4.69, 9.17) is 4.74 Å². The van der Waals surface area contributed by atoms with Gasteiger partial charge in [-0.05, 0) is 118 Å². The maximum Gasteiger partial charge on any atom is 0.0607 e. The Kier molecular flexibility index (Phi) is 10.2. The summed E-state index contributed by atoms with van der Waals surface area (Å²) in [7, 11) is 0. The van der Waals surface area contributed by atoms with Crippen LogP contribution in [0.2, 0.25) is 0 Å². The Bertz CT molecular complexity index is 540. The molecule has 4 unspecified atom stereocenters. The zero-order valence-corrected chi connectivity index (χ0v) is 23.4. The summed E-state index contributed by atoms with van der Waals surface area (Å²) in [6.07, 6.45) is 20.3. The number of hydrogen-bond acceptors (Lipinski definition) is 3. The average molecular weight is 475 g/mol. The SMILES string of the molecule is CCCCOC1CCCC(C2NC(C3CCC(C(C)C)CC3)C(C3CCC(C(C)C)CC3)N2)C1. The normalized spacial score (nSPS) is 41.9. The third kappa shape index (κ3) is 6.80. The molecule has 0 amide bonds. The maximum absolute atomic E-state index is 6.31. The predicted molar refractivity (Wildman–Crippen MR) is 145 cm³/mol. The fourth-order valence-corrected chi connectivity index (χ4v) is 8.17. The molecule has 0 aromatic heterocycles. The summed E-state index contributed by atoms with van der Waals surface area (Å²) in [6.45, 7) is 13.0. The number of ether oxygens (including phenoxy) is 1. The van der Waals surface area contributed by atoms with Crippen molar-refractivity contribution >= 4 is 0 Å². The van der Waals surface area contributed by atoms with Crippen LogP contribution in [0.1, 0.15) is 125 Å². The Morgan fingerprint density at radius 3 is 1.68 bits per heavy atom. The molecule has 4 atom stereocenters. The van der Waals surface area contributed by atoms with Crippen LogP contribution in [0.25, 0.3) is 0 Å². The van der Waals surface area contributed by atoms with Gasteiger partial charge in [0.2, 0.25) is 0 Å². The van der Waals surface area contributed by atoms with Gasteiger partial charge in [0.25, 0.3) is 0 Å². The minimum absolute atomic E-state index is 0.495. The quantitative estimate of drug-likeness (QED) is 0.339. The van der Waals surface area contributed by atoms with Gasteiger partial charge in [-0.3, -0.25) is 10.6 Å². The monoisotopic (exact) mass is 474 g/mol. The van der Waals surface area contributed by atoms with Crippen molar-refractivity contribution in [2.45, 2.75) is 149 Å². The molecule has 0 aromatic carbocycles. The topological polar surface area (TPSA) is 33.3 Å². The van der Waals surface area contributed by atoms with Crippen LogP contribution in [0, 0.1) is 41.4 Å². The first-order valence-electron chi connectivity index (χ1n) is 15.6. The van der Waals surface area contributed by atoms with E-state index in [1.54, 1.807) is 0 Å². The number of hydrogen-bond donors (Lipinski definition) is 2. The second-order valence-corrected chi connectivity index (χ2v) is 13.5. The summed E-state index contributed by atoms with van der Waals surface area (Å²) in [6, 6.07) is 1.39. The first-order valence-corrected chi connectivity index (χ1v) is 15.6. The molecule has 1 heterocycles. The number of unbranched alkanes of at least 4 members (excludes halogenated alkanes) is 1. The van der Waals surface area contributed by atoms with E-state index in [2.05, 4.69) is 45.3 Å². The molecule has 198 valence electrons. The molecule has 4 rings (SSSR count). The van der Waals surface area contributed by atoms with E-state index in [0.717, 1.165) is 48.0 Å². The molecule has 4 aliphatic rings. The van der Waals surface area contributed by atoms with Crippen molar-refractivity contribution in [3.05, 3.63) is 0 Å². The van der Waals surface area contributed by atoms with E-state index in [1.807, 2.05) is 0 Å². The maximum atomic E-state index is 6.31. The molecule has 3 nitrogen and oxygen atoms in total. The van der Waals surface area contributed by atoms with Gasteiger partial charge in [-0.15, -0.1) is 0 Å². The van der Waals surface area contributed by atoms with Gasteiger partial charge in [0.15, 0.2) is 0 Å². The van der Waals surface area contributed by atoms with Gasteiger partial charge in [0, 0.05) is 18.7 Å². The van der Waals surface area contributed by atoms with Crippen LogP contribution in [0.3, 0.4) is 0 Å². The Hall–Kier alpha value is -0.120. The standard InChI is InChI=1S/C31H58N2O/c1-6-7-19-34-28-10-8-9-27(20-28)31-32-29(25-15-11-23(12-16-25)21(2)3)30(33-31)26-17-13-24(14-18-26)22(4)5/h21-33H,6-20H2,1-5H3. The number of nitrogens with one attached hydrogen (secondary N) is 2. The van der Waals surface area contributed by atoms with Crippen molar-refractivity contribution in [3.63, 3.8) is 0 Å². The molecule has 4 fully saturated rings. The Morgan fingerprint density at radius 1 is 0.676 bits per heavy atom. The van der Waals surface area contributed by atoms with E-state index in [9.17, 15) is 0 Å². The molecule has 0 aromatic rings. The van der Waals surface area contributed by atoms with Crippen LogP contribution in [0.15, 0.2) is 0 Å². The van der Waals surface area contributed by atoms with Crippen LogP contribution in [-0.2, 0) is 4.74 Å². The Labute approximate surface area is 212 Å². The van der Waals surface area contributed by atoms with E-state index in [-0.39, 0.29) is 0 Å². The Balaban J connectivity index is 1.39. The van der Waals surface area contributed by atoms with E-state index in [1.165, 1.54) is 89.9 Å². The molecule has 3 aliphatic carbocycles. The largest absolute Gasteiger partial charge is 0.378 e. The first-order chi connectivity index (χ1) is 16.5. The zero-order chi connectivity index (χ0) is 24.1. The highest BCUT2D eigenvalue weighted by Gasteiger charge is 2.46. The highest BCUT2D eigenvalue weighted by atomic mass is 16.5. The van der Waals surface area contributed by atoms with Gasteiger partial charge >= 0.3 is 0 Å². The smallest absolute Gasteiger partial charge is 0.0607 e. The highest BCUT2D eigenvalue weighted by Crippen LogP contribution is 2.42. The minimum Gasteiger partial charge on any atom is -0.378 e. The molecule has 1 aliphatic heterocycles. The van der Waals surface area contributed by atoms with Gasteiger partial charge in [-0.25, -0.2) is 0 Å². The lowest BCUT2D eigenvalue weighted by molar-refractivity contribution is 0.00482. The molecule has 2 N–H and O–H groups in total. The zero-order valence-electron chi connectivity index (χ0n) is 23.4. The van der Waals surface area contributed by atoms with E-state index in [0.29, 0.717) is 24.4 Å². The summed E-state index contributed by atoms with van der Waals surface area (Å²) in [5.74, 6) is 6.13. The summed E-state index contributed by atoms with van der Waals surface area (Å²) in [4.78, 5) is 0. The molecule has 0 radical (unpaired) electrons. The van der Waals surface area contributed by atoms with Crippen LogP contribution in [-0.4, -0.2) is 31.0 Å². The van der Waals surface area contributed by atoms with Crippen molar-refractivity contribution in [2.24, 2.45) is 41.4 Å². The van der Waals surface area contributed by atoms with Gasteiger partial charge in [0.05, 0.1) is 12.3 Å². The summed E-state index contributed by atoms with van der Waals surface area (Å²) < 4.78 is 6.31. The highest BCUT2D eigenvalue weighted by molar-refractivity contribution is 5.03. The lowest BCUT2D eigenvalue weighted by Crippen LogP contribution is -2.46. The van der Waals surface area contributed by atoms with Crippen LogP contribution in [0.4, 0.5) is 0 Å². The van der Waals surface area contributed by atoms with Crippen LogP contribution >= 0.6 is 0 Å². The average Bonchev–Trinajstić information content (AvgIpc) is 3.30. The molecule has 0 spiro atoms. The fourth-order valence-electron chi connectivity index (χ4n) is 8.17. The third-order valence-corrected chi connectivity index (χ3v) is 10.7. The van der Waals surface area contributed by atoms with E-state index >= 15 is 0 Å². The molecule has 3 heteroatoms. The van der Waals surface area contributed by atoms with Crippen LogP contribution < -0.4 is 10.6 Å². The van der Waals surface area contributed by atoms with E-state index < -0.39 is 0 Å². The molecule has 3 saturated carbocycles. The lowest BCUT2D eigenvalue weighted by atomic mass is 9.69. The van der Waals surface area contributed by atoms with Crippen molar-refractivity contribution < 1.29 is 4.74 Å². The third-order valence-electron chi connectivity index (χ3n) is 10.7. The second kappa shape index (κ2) is 12.9. The molecular formula is C31H58N2O. The lowest BCUT2D eigenvalue weighted by Gasteiger charge is -2.40. The summed E-state index contributed by atoms with van der Waals surface area (Å²) in [5.41, 5.74) is 0. The van der Waals surface area contributed by atoms with Gasteiger partial charge in [-0.2, -0.15) is 0 Å². The molecule has 34 heavy (non-hydrogen) atoms. The van der Waals surface area contributed by atoms with Crippen LogP contribution in [0.5, 0.6) is 0 Å². The van der Waals surface area contributed by atoms with Crippen molar-refractivity contribution in [2.75, 3.05) is 6.61 Å². The van der Waals surface area contributed by atoms with Crippen molar-refractivity contribution in [1.82, 2.24) is 10.6 Å². The predicted octanol–water partition coefficient (Wildman–Crippen LogP) is 7.54. The van der Waals surface area contributed by atoms with Gasteiger partial charge < -0.3 is 4.74 Å². The minimum atomic E-state index is 0.495. The van der Waals surface area contributed by atoms with Crippen molar-refractivity contribution in [3.8, 4) is 0 Å². The summed E-state index contributed by atoms with van der Waals surface area (Å²) in [5, 5.41) is 8.55. The molecule has 0 bridgehead atoms. The molecular weight excluding hydrogens is 416 g/mol. The second-order valence-electron chi connectivity index (χ2n) is 13.5. The van der Waals surface area contributed by atoms with Gasteiger partial charge in [0.1, 0.15) is 0 Å². The van der Waals surface area contributed by atoms with Gasteiger partial charge in [-0.1, -0.05) is 47.5 Å². The number of rotatable bonds is 9. The fraction of sp³-hybridized carbons (Fsp3) is 1.00.